The molecule has 2 N–H and O–H groups in total. The van der Waals surface area contributed by atoms with Gasteiger partial charge in [-0.25, -0.2) is 4.39 Å². The SMILES string of the molecule is COc1cccc(C(O)=C2C(=O)C(=O)N(CC[NH+](C)C)[C@@H]2c2ccc(F)cc2)c1. The molecule has 29 heavy (non-hydrogen) atoms. The van der Waals surface area contributed by atoms with Crippen LogP contribution in [-0.4, -0.2) is 56.0 Å². The lowest BCUT2D eigenvalue weighted by molar-refractivity contribution is -0.857. The summed E-state index contributed by atoms with van der Waals surface area (Å²) >= 11 is 0. The Morgan fingerprint density at radius 1 is 1.17 bits per heavy atom. The normalized spacial score (nSPS) is 18.5. The molecule has 0 saturated carbocycles. The molecular weight excluding hydrogens is 375 g/mol. The molecule has 152 valence electrons. The molecule has 0 radical (unpaired) electrons. The average molecular weight is 399 g/mol. The van der Waals surface area contributed by atoms with E-state index in [1.165, 1.54) is 36.3 Å². The zero-order valence-corrected chi connectivity index (χ0v) is 16.6. The average Bonchev–Trinajstić information content (AvgIpc) is 2.97. The molecule has 0 aliphatic carbocycles. The van der Waals surface area contributed by atoms with E-state index in [0.29, 0.717) is 30.0 Å². The van der Waals surface area contributed by atoms with Gasteiger partial charge in [0.2, 0.25) is 0 Å². The van der Waals surface area contributed by atoms with Gasteiger partial charge in [0, 0.05) is 5.56 Å². The number of nitrogens with one attached hydrogen (secondary N) is 1. The molecule has 6 nitrogen and oxygen atoms in total. The number of Topliss-reactive ketones (excluding diaryl/α,β-unsaturated/α-hetero) is 1. The molecule has 3 rings (SSSR count). The monoisotopic (exact) mass is 399 g/mol. The molecule has 0 spiro atoms. The topological polar surface area (TPSA) is 71.3 Å². The lowest BCUT2D eigenvalue weighted by Crippen LogP contribution is -3.06. The molecule has 1 heterocycles. The molecule has 1 saturated heterocycles. The maximum Gasteiger partial charge on any atom is 0.295 e. The second-order valence-electron chi connectivity index (χ2n) is 7.23. The molecule has 2 aromatic carbocycles. The first kappa shape index (κ1) is 20.5. The summed E-state index contributed by atoms with van der Waals surface area (Å²) in [5.41, 5.74) is 0.917. The summed E-state index contributed by atoms with van der Waals surface area (Å²) in [7, 11) is 5.39. The fourth-order valence-electron chi connectivity index (χ4n) is 3.37. The number of hydrogen-bond donors (Lipinski definition) is 2. The van der Waals surface area contributed by atoms with Gasteiger partial charge in [-0.05, 0) is 29.8 Å². The van der Waals surface area contributed by atoms with Crippen LogP contribution in [0, 0.1) is 5.82 Å². The van der Waals surface area contributed by atoms with Gasteiger partial charge in [0.15, 0.2) is 0 Å². The number of carbonyl (C=O) groups excluding carboxylic acids is 2. The molecule has 1 atom stereocenters. The van der Waals surface area contributed by atoms with Crippen molar-refractivity contribution in [3.8, 4) is 5.75 Å². The van der Waals surface area contributed by atoms with Crippen LogP contribution in [0.4, 0.5) is 4.39 Å². The number of ketones is 1. The molecule has 1 aliphatic heterocycles. The molecule has 0 aromatic heterocycles. The van der Waals surface area contributed by atoms with E-state index in [9.17, 15) is 19.1 Å². The second-order valence-corrected chi connectivity index (χ2v) is 7.23. The van der Waals surface area contributed by atoms with Crippen LogP contribution < -0.4 is 9.64 Å². The van der Waals surface area contributed by atoms with Gasteiger partial charge in [0.05, 0.1) is 45.9 Å². The Morgan fingerprint density at radius 3 is 2.48 bits per heavy atom. The van der Waals surface area contributed by atoms with Gasteiger partial charge >= 0.3 is 0 Å². The highest BCUT2D eigenvalue weighted by atomic mass is 19.1. The summed E-state index contributed by atoms with van der Waals surface area (Å²) < 4.78 is 18.6. The number of nitrogens with zero attached hydrogens (tertiary/aromatic N) is 1. The van der Waals surface area contributed by atoms with Crippen LogP contribution in [-0.2, 0) is 9.59 Å². The molecule has 0 unspecified atom stereocenters. The minimum atomic E-state index is -0.791. The van der Waals surface area contributed by atoms with Crippen LogP contribution in [0.1, 0.15) is 17.2 Å². The third kappa shape index (κ3) is 4.14. The van der Waals surface area contributed by atoms with E-state index >= 15 is 0 Å². The molecular formula is C22H24FN2O4+. The number of likely N-dealkylation sites (N-methyl/N-ethyl adjacent to an activating group) is 1. The Hall–Kier alpha value is -3.19. The van der Waals surface area contributed by atoms with Crippen molar-refractivity contribution in [3.63, 3.8) is 0 Å². The van der Waals surface area contributed by atoms with Crippen LogP contribution >= 0.6 is 0 Å². The third-order valence-corrected chi connectivity index (χ3v) is 4.92. The van der Waals surface area contributed by atoms with Crippen LogP contribution in [0.5, 0.6) is 5.75 Å². The Balaban J connectivity index is 2.14. The Labute approximate surface area is 168 Å². The molecule has 2 aromatic rings. The van der Waals surface area contributed by atoms with Crippen LogP contribution in [0.15, 0.2) is 54.1 Å². The summed E-state index contributed by atoms with van der Waals surface area (Å²) in [6.45, 7) is 0.938. The number of hydrogen-bond acceptors (Lipinski definition) is 4. The van der Waals surface area contributed by atoms with Crippen LogP contribution in [0.2, 0.25) is 0 Å². The van der Waals surface area contributed by atoms with E-state index in [0.717, 1.165) is 4.90 Å². The number of amides is 1. The van der Waals surface area contributed by atoms with Crippen molar-refractivity contribution < 1.29 is 28.7 Å². The number of likely N-dealkylation sites (tertiary alicyclic amines) is 1. The van der Waals surface area contributed by atoms with Gasteiger partial charge in [-0.1, -0.05) is 24.3 Å². The maximum absolute atomic E-state index is 13.5. The Bertz CT molecular complexity index is 954. The summed E-state index contributed by atoms with van der Waals surface area (Å²) in [4.78, 5) is 28.2. The second kappa shape index (κ2) is 8.45. The van der Waals surface area contributed by atoms with Gasteiger partial charge in [0.25, 0.3) is 11.7 Å². The highest BCUT2D eigenvalue weighted by Gasteiger charge is 2.46. The van der Waals surface area contributed by atoms with E-state index < -0.39 is 23.5 Å². The zero-order chi connectivity index (χ0) is 21.1. The number of benzene rings is 2. The van der Waals surface area contributed by atoms with E-state index in [2.05, 4.69) is 0 Å². The van der Waals surface area contributed by atoms with Gasteiger partial charge in [-0.15, -0.1) is 0 Å². The van der Waals surface area contributed by atoms with E-state index in [1.54, 1.807) is 24.3 Å². The van der Waals surface area contributed by atoms with Crippen molar-refractivity contribution in [2.75, 3.05) is 34.3 Å². The van der Waals surface area contributed by atoms with Crippen molar-refractivity contribution in [1.82, 2.24) is 4.90 Å². The lowest BCUT2D eigenvalue weighted by atomic mass is 9.95. The van der Waals surface area contributed by atoms with E-state index in [1.807, 2.05) is 14.1 Å². The maximum atomic E-state index is 13.5. The molecule has 1 fully saturated rings. The smallest absolute Gasteiger partial charge is 0.295 e. The third-order valence-electron chi connectivity index (χ3n) is 4.92. The number of rotatable bonds is 6. The van der Waals surface area contributed by atoms with E-state index in [-0.39, 0.29) is 11.3 Å². The fraction of sp³-hybridized carbons (Fsp3) is 0.273. The standard InChI is InChI=1S/C22H23FN2O4/c1-24(2)11-12-25-19(14-7-9-16(23)10-8-14)18(21(27)22(25)28)20(26)15-5-4-6-17(13-15)29-3/h4-10,13,19,26H,11-12H2,1-3H3/p+1/t19-/m1/s1. The Morgan fingerprint density at radius 2 is 1.86 bits per heavy atom. The lowest BCUT2D eigenvalue weighted by Gasteiger charge is -2.25. The summed E-state index contributed by atoms with van der Waals surface area (Å²) in [5.74, 6) is -1.62. The minimum Gasteiger partial charge on any atom is -0.507 e. The first-order valence-corrected chi connectivity index (χ1v) is 9.30. The first-order valence-electron chi connectivity index (χ1n) is 9.30. The number of ether oxygens (including phenoxy) is 1. The number of methoxy groups -OCH3 is 1. The molecule has 1 amide bonds. The molecule has 1 aliphatic rings. The number of aliphatic hydroxyl groups is 1. The highest BCUT2D eigenvalue weighted by molar-refractivity contribution is 6.46. The van der Waals surface area contributed by atoms with Gasteiger partial charge < -0.3 is 19.6 Å². The predicted octanol–water partition coefficient (Wildman–Crippen LogP) is 1.40. The number of quaternary nitrogens is 1. The molecule has 0 bridgehead atoms. The fourth-order valence-corrected chi connectivity index (χ4v) is 3.37. The predicted molar refractivity (Wildman–Crippen MR) is 106 cm³/mol. The van der Waals surface area contributed by atoms with Gasteiger partial charge in [0.1, 0.15) is 17.3 Å². The quantitative estimate of drug-likeness (QED) is 0.438. The zero-order valence-electron chi connectivity index (χ0n) is 16.6. The minimum absolute atomic E-state index is 0.0105. The van der Waals surface area contributed by atoms with Crippen molar-refractivity contribution >= 4 is 17.4 Å². The summed E-state index contributed by atoms with van der Waals surface area (Å²) in [6, 6.07) is 11.4. The van der Waals surface area contributed by atoms with Crippen molar-refractivity contribution in [1.29, 1.82) is 0 Å². The van der Waals surface area contributed by atoms with Crippen LogP contribution in [0.3, 0.4) is 0 Å². The molecule has 7 heteroatoms. The van der Waals surface area contributed by atoms with E-state index in [4.69, 9.17) is 4.74 Å². The van der Waals surface area contributed by atoms with Crippen LogP contribution in [0.25, 0.3) is 5.76 Å². The summed E-state index contributed by atoms with van der Waals surface area (Å²) in [5, 5.41) is 11.0. The summed E-state index contributed by atoms with van der Waals surface area (Å²) in [6.07, 6.45) is 0. The highest BCUT2D eigenvalue weighted by Crippen LogP contribution is 2.39. The van der Waals surface area contributed by atoms with Gasteiger partial charge in [-0.2, -0.15) is 0 Å². The largest absolute Gasteiger partial charge is 0.507 e. The number of carbonyl (C=O) groups is 2. The van der Waals surface area contributed by atoms with Crippen molar-refractivity contribution in [2.24, 2.45) is 0 Å². The number of halogens is 1. The van der Waals surface area contributed by atoms with Gasteiger partial charge in [-0.3, -0.25) is 9.59 Å². The van der Waals surface area contributed by atoms with Crippen molar-refractivity contribution in [3.05, 3.63) is 71.0 Å². The number of aliphatic hydroxyl groups excluding tert-OH is 1. The first-order chi connectivity index (χ1) is 13.8. The van der Waals surface area contributed by atoms with Crippen molar-refractivity contribution in [2.45, 2.75) is 6.04 Å². The Kier molecular flexibility index (Phi) is 5.98.